The Morgan fingerprint density at radius 3 is 2.39 bits per heavy atom. The summed E-state index contributed by atoms with van der Waals surface area (Å²) in [4.78, 5) is 36.9. The van der Waals surface area contributed by atoms with Gasteiger partial charge in [-0.1, -0.05) is 30.3 Å². The van der Waals surface area contributed by atoms with Crippen LogP contribution >= 0.6 is 12.6 Å². The van der Waals surface area contributed by atoms with E-state index >= 15 is 0 Å². The van der Waals surface area contributed by atoms with Crippen LogP contribution < -0.4 is 22.3 Å². The van der Waals surface area contributed by atoms with E-state index in [-0.39, 0.29) is 12.2 Å². The fraction of sp³-hybridized carbons (Fsp3) is 0.550. The molecule has 13 heteroatoms. The predicted molar refractivity (Wildman–Crippen MR) is 119 cm³/mol. The van der Waals surface area contributed by atoms with E-state index in [2.05, 4.69) is 23.4 Å². The van der Waals surface area contributed by atoms with Gasteiger partial charge in [-0.25, -0.2) is 5.43 Å². The molecule has 1 heterocycles. The number of carbonyl (C=O) groups is 3. The lowest BCUT2D eigenvalue weighted by molar-refractivity contribution is -0.270. The van der Waals surface area contributed by atoms with Gasteiger partial charge in [0.25, 0.3) is 0 Å². The summed E-state index contributed by atoms with van der Waals surface area (Å²) in [6, 6.07) is 5.30. The van der Waals surface area contributed by atoms with Gasteiger partial charge in [-0.15, -0.1) is 0 Å². The Labute approximate surface area is 196 Å². The molecule has 1 saturated heterocycles. The topological polar surface area (TPSA) is 206 Å². The summed E-state index contributed by atoms with van der Waals surface area (Å²) in [5.41, 5.74) is 8.94. The third-order valence-corrected chi connectivity index (χ3v) is 5.46. The largest absolute Gasteiger partial charge is 0.394 e. The number of ether oxygens (including phenoxy) is 2. The molecule has 1 amide bonds. The molecule has 0 radical (unpaired) electrons. The van der Waals surface area contributed by atoms with Crippen molar-refractivity contribution < 1.29 is 39.2 Å². The van der Waals surface area contributed by atoms with E-state index in [1.165, 1.54) is 0 Å². The zero-order valence-electron chi connectivity index (χ0n) is 17.7. The third-order valence-electron chi connectivity index (χ3n) is 5.17. The molecule has 0 aromatic heterocycles. The molecule has 7 atom stereocenters. The first kappa shape index (κ1) is 27.3. The number of nitrogens with one attached hydrogen (secondary N) is 2. The third kappa shape index (κ3) is 7.27. The van der Waals surface area contributed by atoms with Crippen molar-refractivity contribution in [2.24, 2.45) is 11.6 Å². The molecule has 1 aromatic rings. The van der Waals surface area contributed by atoms with E-state index in [1.807, 2.05) is 6.07 Å². The summed E-state index contributed by atoms with van der Waals surface area (Å²) >= 11 is 3.83. The molecule has 1 aliphatic heterocycles. The van der Waals surface area contributed by atoms with Crippen LogP contribution in [0.5, 0.6) is 0 Å². The summed E-state index contributed by atoms with van der Waals surface area (Å²) in [5, 5.41) is 32.1. The van der Waals surface area contributed by atoms with Crippen LogP contribution in [-0.2, 0) is 30.3 Å². The van der Waals surface area contributed by atoms with Crippen molar-refractivity contribution in [1.29, 1.82) is 0 Å². The predicted octanol–water partition coefficient (Wildman–Crippen LogP) is -3.60. The zero-order chi connectivity index (χ0) is 24.5. The van der Waals surface area contributed by atoms with Gasteiger partial charge in [0.1, 0.15) is 24.4 Å². The molecule has 0 aliphatic carbocycles. The number of carbonyl (C=O) groups excluding carboxylic acids is 3. The normalized spacial score (nSPS) is 26.9. The molecule has 9 N–H and O–H groups in total. The fourth-order valence-corrected chi connectivity index (χ4v) is 3.41. The first-order valence-electron chi connectivity index (χ1n) is 10.2. The number of Topliss-reactive ketones (excluding diaryl/α,β-unsaturated/α-hetero) is 2. The minimum Gasteiger partial charge on any atom is -0.394 e. The number of ketones is 2. The Bertz CT molecular complexity index is 802. The molecular formula is C20H30N4O8S. The van der Waals surface area contributed by atoms with E-state index < -0.39 is 73.4 Å². The van der Waals surface area contributed by atoms with E-state index in [1.54, 1.807) is 24.3 Å². The van der Waals surface area contributed by atoms with Gasteiger partial charge in [-0.2, -0.15) is 12.6 Å². The van der Waals surface area contributed by atoms with Crippen LogP contribution in [0.25, 0.3) is 0 Å². The van der Waals surface area contributed by atoms with Crippen LogP contribution in [0, 0.1) is 0 Å². The van der Waals surface area contributed by atoms with Crippen molar-refractivity contribution in [3.8, 4) is 0 Å². The second kappa shape index (κ2) is 13.1. The van der Waals surface area contributed by atoms with E-state index in [0.717, 1.165) is 5.56 Å². The van der Waals surface area contributed by atoms with Crippen molar-refractivity contribution >= 4 is 30.1 Å². The lowest BCUT2D eigenvalue weighted by Crippen LogP contribution is -2.65. The van der Waals surface area contributed by atoms with Crippen molar-refractivity contribution in [3.05, 3.63) is 35.9 Å². The molecule has 2 unspecified atom stereocenters. The Balaban J connectivity index is 2.02. The highest BCUT2D eigenvalue weighted by molar-refractivity contribution is 7.81. The average Bonchev–Trinajstić information content (AvgIpc) is 2.84. The van der Waals surface area contributed by atoms with Gasteiger partial charge in [0, 0.05) is 0 Å². The lowest BCUT2D eigenvalue weighted by atomic mass is 9.96. The Morgan fingerprint density at radius 2 is 1.82 bits per heavy atom. The van der Waals surface area contributed by atoms with Gasteiger partial charge in [0.15, 0.2) is 6.29 Å². The van der Waals surface area contributed by atoms with Crippen LogP contribution in [0.4, 0.5) is 0 Å². The number of aliphatic hydroxyl groups is 3. The second-order valence-electron chi connectivity index (χ2n) is 7.54. The van der Waals surface area contributed by atoms with Gasteiger partial charge in [-0.3, -0.25) is 20.2 Å². The molecule has 1 aromatic carbocycles. The van der Waals surface area contributed by atoms with Crippen molar-refractivity contribution in [3.63, 3.8) is 0 Å². The maximum absolute atomic E-state index is 12.6. The van der Waals surface area contributed by atoms with Crippen LogP contribution in [0.1, 0.15) is 5.56 Å². The quantitative estimate of drug-likeness (QED) is 0.0626. The highest BCUT2D eigenvalue weighted by Gasteiger charge is 2.46. The van der Waals surface area contributed by atoms with E-state index in [4.69, 9.17) is 21.1 Å². The Morgan fingerprint density at radius 1 is 1.15 bits per heavy atom. The molecule has 0 spiro atoms. The van der Waals surface area contributed by atoms with Crippen LogP contribution in [0.15, 0.2) is 30.3 Å². The molecule has 184 valence electrons. The van der Waals surface area contributed by atoms with Gasteiger partial charge >= 0.3 is 0 Å². The van der Waals surface area contributed by atoms with Gasteiger partial charge < -0.3 is 35.8 Å². The number of hydrazine groups is 1. The fourth-order valence-electron chi connectivity index (χ4n) is 3.32. The minimum atomic E-state index is -1.55. The van der Waals surface area contributed by atoms with Gasteiger partial charge in [0.05, 0.1) is 31.1 Å². The van der Waals surface area contributed by atoms with Gasteiger partial charge in [-0.05, 0) is 12.0 Å². The number of hydrogen-bond acceptors (Lipinski definition) is 12. The van der Waals surface area contributed by atoms with Crippen molar-refractivity contribution in [2.45, 2.75) is 49.1 Å². The number of rotatable bonds is 12. The number of nitrogens with two attached hydrogens (primary N) is 2. The minimum absolute atomic E-state index is 0.168. The number of thiol groups is 1. The molecule has 33 heavy (non-hydrogen) atoms. The summed E-state index contributed by atoms with van der Waals surface area (Å²) in [6.45, 7) is -1.15. The Kier molecular flexibility index (Phi) is 10.8. The molecule has 1 fully saturated rings. The summed E-state index contributed by atoms with van der Waals surface area (Å²) in [7, 11) is 0. The molecular weight excluding hydrogens is 456 g/mol. The maximum atomic E-state index is 12.6. The molecule has 12 nitrogen and oxygen atoms in total. The molecule has 1 aliphatic rings. The first-order valence-corrected chi connectivity index (χ1v) is 10.8. The monoisotopic (exact) mass is 486 g/mol. The van der Waals surface area contributed by atoms with Crippen LogP contribution in [0.3, 0.4) is 0 Å². The summed E-state index contributed by atoms with van der Waals surface area (Å²) < 4.78 is 10.9. The summed E-state index contributed by atoms with van der Waals surface area (Å²) in [6.07, 6.45) is -5.46. The van der Waals surface area contributed by atoms with Crippen molar-refractivity contribution in [1.82, 2.24) is 10.7 Å². The zero-order valence-corrected chi connectivity index (χ0v) is 18.6. The second-order valence-corrected chi connectivity index (χ2v) is 7.85. The smallest absolute Gasteiger partial charge is 0.230 e. The number of benzene rings is 1. The highest BCUT2D eigenvalue weighted by Crippen LogP contribution is 2.22. The van der Waals surface area contributed by atoms with Gasteiger partial charge in [0.2, 0.25) is 17.5 Å². The maximum Gasteiger partial charge on any atom is 0.230 e. The average molecular weight is 487 g/mol. The lowest BCUT2D eigenvalue weighted by Gasteiger charge is -2.42. The SMILES string of the molecule is NN[C@@H](Cc1ccccc1)C(=O)C(=O)[C@@H](N)COC1OC(CO)[C@@H](O)[C@H](O)[C@@H]1NC(=O)CS. The molecule has 0 saturated carbocycles. The number of hydrogen-bond donors (Lipinski definition) is 8. The van der Waals surface area contributed by atoms with E-state index in [0.29, 0.717) is 0 Å². The molecule has 2 rings (SSSR count). The van der Waals surface area contributed by atoms with Crippen molar-refractivity contribution in [2.75, 3.05) is 19.0 Å². The summed E-state index contributed by atoms with van der Waals surface area (Å²) in [5.74, 6) is 2.87. The number of amides is 1. The first-order chi connectivity index (χ1) is 15.7. The van der Waals surface area contributed by atoms with Crippen LogP contribution in [0.2, 0.25) is 0 Å². The van der Waals surface area contributed by atoms with E-state index in [9.17, 15) is 29.7 Å². The Hall–Kier alpha value is -1.94. The van der Waals surface area contributed by atoms with Crippen LogP contribution in [-0.4, -0.2) is 94.5 Å². The number of aliphatic hydroxyl groups excluding tert-OH is 3. The standard InChI is InChI=1S/C20H30N4O8S/c21-11(16(27)17(28)12(24-22)6-10-4-2-1-3-5-10)8-31-20-15(23-14(26)9-33)19(30)18(29)13(7-25)32-20/h1-5,11-13,15,18-20,24-25,29-30,33H,6-9,21-22H2,(H,23,26)/t11-,12-,13?,15-,18+,19+,20?/m0/s1. The highest BCUT2D eigenvalue weighted by atomic mass is 32.1. The molecule has 0 bridgehead atoms.